The first-order valence-electron chi connectivity index (χ1n) is 1.99. The number of hydrogen-bond acceptors (Lipinski definition) is 2. The molecule has 0 radical (unpaired) electrons. The standard InChI is InChI=1S/C5H7NO/c1-5(4-6)2-3-7/h2,7H,3H2,1H3/b5-2-. The first-order chi connectivity index (χ1) is 3.31. The van der Waals surface area contributed by atoms with E-state index in [9.17, 15) is 0 Å². The summed E-state index contributed by atoms with van der Waals surface area (Å²) in [5, 5.41) is 16.2. The minimum atomic E-state index is -0.0423. The maximum Gasteiger partial charge on any atom is 0.0941 e. The molecule has 0 spiro atoms. The van der Waals surface area contributed by atoms with E-state index in [0.717, 1.165) is 0 Å². The molecule has 2 nitrogen and oxygen atoms in total. The zero-order valence-electron chi connectivity index (χ0n) is 4.18. The quantitative estimate of drug-likeness (QED) is 0.483. The Labute approximate surface area is 42.7 Å². The molecular weight excluding hydrogens is 90.1 g/mol. The van der Waals surface area contributed by atoms with E-state index in [1.807, 2.05) is 6.07 Å². The van der Waals surface area contributed by atoms with E-state index in [1.165, 1.54) is 6.08 Å². The molecule has 38 valence electrons. The van der Waals surface area contributed by atoms with Crippen molar-refractivity contribution >= 4 is 0 Å². The van der Waals surface area contributed by atoms with Crippen molar-refractivity contribution in [3.05, 3.63) is 11.6 Å². The topological polar surface area (TPSA) is 44.0 Å². The highest BCUT2D eigenvalue weighted by atomic mass is 16.2. The Bertz CT molecular complexity index is 110. The van der Waals surface area contributed by atoms with Gasteiger partial charge in [-0.1, -0.05) is 0 Å². The number of aliphatic hydroxyl groups is 1. The second-order valence-electron chi connectivity index (χ2n) is 1.18. The molecule has 0 aromatic heterocycles. The van der Waals surface area contributed by atoms with Gasteiger partial charge in [-0.2, -0.15) is 5.26 Å². The summed E-state index contributed by atoms with van der Waals surface area (Å²) in [4.78, 5) is 0. The van der Waals surface area contributed by atoms with E-state index >= 15 is 0 Å². The Morgan fingerprint density at radius 1 is 2.00 bits per heavy atom. The van der Waals surface area contributed by atoms with E-state index in [0.29, 0.717) is 5.57 Å². The average molecular weight is 97.1 g/mol. The Hall–Kier alpha value is -0.810. The number of allylic oxidation sites excluding steroid dienone is 1. The maximum absolute atomic E-state index is 8.14. The summed E-state index contributed by atoms with van der Waals surface area (Å²) in [6, 6.07) is 1.87. The molecule has 2 heteroatoms. The van der Waals surface area contributed by atoms with Crippen molar-refractivity contribution in [1.29, 1.82) is 5.26 Å². The molecule has 0 fully saturated rings. The third-order valence-electron chi connectivity index (χ3n) is 0.574. The molecule has 0 aliphatic rings. The lowest BCUT2D eigenvalue weighted by atomic mass is 10.3. The van der Waals surface area contributed by atoms with Crippen LogP contribution < -0.4 is 0 Å². The van der Waals surface area contributed by atoms with Crippen molar-refractivity contribution in [2.45, 2.75) is 6.92 Å². The van der Waals surface area contributed by atoms with Gasteiger partial charge in [0.15, 0.2) is 0 Å². The molecule has 1 N–H and O–H groups in total. The number of aliphatic hydroxyl groups excluding tert-OH is 1. The Morgan fingerprint density at radius 3 is 2.71 bits per heavy atom. The van der Waals surface area contributed by atoms with Gasteiger partial charge in [0.25, 0.3) is 0 Å². The molecule has 0 rings (SSSR count). The predicted molar refractivity (Wildman–Crippen MR) is 26.5 cm³/mol. The molecule has 0 heterocycles. The fourth-order valence-corrected chi connectivity index (χ4v) is 0.183. The fraction of sp³-hybridized carbons (Fsp3) is 0.400. The van der Waals surface area contributed by atoms with Gasteiger partial charge in [-0.05, 0) is 13.0 Å². The Balaban J connectivity index is 3.57. The summed E-state index contributed by atoms with van der Waals surface area (Å²) < 4.78 is 0. The van der Waals surface area contributed by atoms with Crippen LogP contribution in [0.2, 0.25) is 0 Å². The lowest BCUT2D eigenvalue weighted by Crippen LogP contribution is -1.73. The van der Waals surface area contributed by atoms with Crippen LogP contribution in [-0.4, -0.2) is 11.7 Å². The van der Waals surface area contributed by atoms with Crippen LogP contribution in [0.15, 0.2) is 11.6 Å². The van der Waals surface area contributed by atoms with E-state index in [2.05, 4.69) is 0 Å². The molecular formula is C5H7NO. The van der Waals surface area contributed by atoms with Gasteiger partial charge in [-0.25, -0.2) is 0 Å². The number of nitriles is 1. The second-order valence-corrected chi connectivity index (χ2v) is 1.18. The summed E-state index contributed by atoms with van der Waals surface area (Å²) in [7, 11) is 0. The van der Waals surface area contributed by atoms with Crippen molar-refractivity contribution in [1.82, 2.24) is 0 Å². The molecule has 0 saturated heterocycles. The van der Waals surface area contributed by atoms with E-state index in [4.69, 9.17) is 10.4 Å². The highest BCUT2D eigenvalue weighted by molar-refractivity contribution is 5.16. The molecule has 0 saturated carbocycles. The van der Waals surface area contributed by atoms with E-state index in [-0.39, 0.29) is 6.61 Å². The maximum atomic E-state index is 8.14. The molecule has 0 bridgehead atoms. The highest BCUT2D eigenvalue weighted by Gasteiger charge is 1.76. The monoisotopic (exact) mass is 97.1 g/mol. The van der Waals surface area contributed by atoms with Crippen molar-refractivity contribution in [2.75, 3.05) is 6.61 Å². The third kappa shape index (κ3) is 3.01. The van der Waals surface area contributed by atoms with Gasteiger partial charge in [0, 0.05) is 5.57 Å². The van der Waals surface area contributed by atoms with Gasteiger partial charge in [-0.15, -0.1) is 0 Å². The molecule has 0 aliphatic carbocycles. The minimum Gasteiger partial charge on any atom is -0.392 e. The SMILES string of the molecule is C/C(C#N)=C/CO. The molecule has 0 unspecified atom stereocenters. The first kappa shape index (κ1) is 6.19. The van der Waals surface area contributed by atoms with Crippen LogP contribution in [0.5, 0.6) is 0 Å². The van der Waals surface area contributed by atoms with Crippen molar-refractivity contribution < 1.29 is 5.11 Å². The van der Waals surface area contributed by atoms with Crippen LogP contribution in [0, 0.1) is 11.3 Å². The fourth-order valence-electron chi connectivity index (χ4n) is 0.183. The summed E-state index contributed by atoms with van der Waals surface area (Å²) in [5.74, 6) is 0. The molecule has 0 atom stereocenters. The zero-order valence-corrected chi connectivity index (χ0v) is 4.18. The van der Waals surface area contributed by atoms with E-state index < -0.39 is 0 Å². The van der Waals surface area contributed by atoms with Crippen LogP contribution in [0.1, 0.15) is 6.92 Å². The first-order valence-corrected chi connectivity index (χ1v) is 1.99. The predicted octanol–water partition coefficient (Wildman–Crippen LogP) is 0.449. The molecule has 0 amide bonds. The third-order valence-corrected chi connectivity index (χ3v) is 0.574. The smallest absolute Gasteiger partial charge is 0.0941 e. The normalized spacial score (nSPS) is 10.7. The second kappa shape index (κ2) is 3.38. The van der Waals surface area contributed by atoms with Gasteiger partial charge in [0.2, 0.25) is 0 Å². The van der Waals surface area contributed by atoms with Gasteiger partial charge in [0.1, 0.15) is 0 Å². The van der Waals surface area contributed by atoms with Crippen LogP contribution in [-0.2, 0) is 0 Å². The zero-order chi connectivity index (χ0) is 5.70. The van der Waals surface area contributed by atoms with Crippen molar-refractivity contribution in [2.24, 2.45) is 0 Å². The number of hydrogen-bond donors (Lipinski definition) is 1. The molecule has 7 heavy (non-hydrogen) atoms. The largest absolute Gasteiger partial charge is 0.392 e. The van der Waals surface area contributed by atoms with Crippen molar-refractivity contribution in [3.63, 3.8) is 0 Å². The lowest BCUT2D eigenvalue weighted by molar-refractivity contribution is 0.342. The molecule has 0 aromatic rings. The Morgan fingerprint density at radius 2 is 2.57 bits per heavy atom. The van der Waals surface area contributed by atoms with Crippen molar-refractivity contribution in [3.8, 4) is 6.07 Å². The van der Waals surface area contributed by atoms with Crippen LogP contribution in [0.3, 0.4) is 0 Å². The van der Waals surface area contributed by atoms with E-state index in [1.54, 1.807) is 6.92 Å². The Kier molecular flexibility index (Phi) is 2.99. The summed E-state index contributed by atoms with van der Waals surface area (Å²) >= 11 is 0. The van der Waals surface area contributed by atoms with Gasteiger partial charge >= 0.3 is 0 Å². The molecule has 0 aromatic carbocycles. The highest BCUT2D eigenvalue weighted by Crippen LogP contribution is 1.84. The summed E-state index contributed by atoms with van der Waals surface area (Å²) in [6.45, 7) is 1.61. The molecule has 0 aliphatic heterocycles. The van der Waals surface area contributed by atoms with Gasteiger partial charge in [-0.3, -0.25) is 0 Å². The minimum absolute atomic E-state index is 0.0423. The van der Waals surface area contributed by atoms with Gasteiger partial charge in [0.05, 0.1) is 12.7 Å². The summed E-state index contributed by atoms with van der Waals surface area (Å²) in [6.07, 6.45) is 1.46. The summed E-state index contributed by atoms with van der Waals surface area (Å²) in [5.41, 5.74) is 0.558. The van der Waals surface area contributed by atoms with Crippen LogP contribution >= 0.6 is 0 Å². The number of rotatable bonds is 1. The lowest BCUT2D eigenvalue weighted by Gasteiger charge is -1.77. The average Bonchev–Trinajstić information content (AvgIpc) is 1.68. The van der Waals surface area contributed by atoms with Crippen LogP contribution in [0.4, 0.5) is 0 Å². The van der Waals surface area contributed by atoms with Gasteiger partial charge < -0.3 is 5.11 Å². The van der Waals surface area contributed by atoms with Crippen LogP contribution in [0.25, 0.3) is 0 Å². The number of nitrogens with zero attached hydrogens (tertiary/aromatic N) is 1.